The van der Waals surface area contributed by atoms with E-state index in [1.807, 2.05) is 6.07 Å². The molecule has 0 bridgehead atoms. The molecule has 1 fully saturated rings. The Kier molecular flexibility index (Phi) is 7.40. The largest absolute Gasteiger partial charge is 0.478 e. The van der Waals surface area contributed by atoms with Gasteiger partial charge in [-0.25, -0.2) is 0 Å². The van der Waals surface area contributed by atoms with E-state index < -0.39 is 0 Å². The van der Waals surface area contributed by atoms with Crippen molar-refractivity contribution in [1.82, 2.24) is 24.6 Å². The van der Waals surface area contributed by atoms with Crippen molar-refractivity contribution in [1.29, 1.82) is 5.26 Å². The van der Waals surface area contributed by atoms with Crippen LogP contribution in [0.4, 0.5) is 0 Å². The number of hydrogen-bond donors (Lipinski definition) is 1. The lowest BCUT2D eigenvalue weighted by Crippen LogP contribution is -2.32. The number of aromatic nitrogens is 3. The Hall–Kier alpha value is -2.77. The van der Waals surface area contributed by atoms with Crippen molar-refractivity contribution in [2.45, 2.75) is 13.1 Å². The Balaban J connectivity index is 0.000000318. The fourth-order valence-electron chi connectivity index (χ4n) is 4.08. The van der Waals surface area contributed by atoms with Crippen LogP contribution in [0.25, 0.3) is 22.0 Å². The lowest BCUT2D eigenvalue weighted by molar-refractivity contribution is -0.119. The third-order valence-electron chi connectivity index (χ3n) is 5.72. The molecule has 1 amide bonds. The predicted molar refractivity (Wildman–Crippen MR) is 125 cm³/mol. The molecule has 5 rings (SSSR count). The summed E-state index contributed by atoms with van der Waals surface area (Å²) >= 11 is 12.8. The zero-order valence-corrected chi connectivity index (χ0v) is 19.7. The normalized spacial score (nSPS) is 16.0. The van der Waals surface area contributed by atoms with Crippen LogP contribution in [0, 0.1) is 11.3 Å². The van der Waals surface area contributed by atoms with Gasteiger partial charge < -0.3 is 23.8 Å². The van der Waals surface area contributed by atoms with Crippen molar-refractivity contribution in [3.63, 3.8) is 0 Å². The number of H-pyrrole nitrogens is 1. The quantitative estimate of drug-likeness (QED) is 0.563. The van der Waals surface area contributed by atoms with Crippen molar-refractivity contribution in [3.8, 4) is 22.9 Å². The fraction of sp³-hybridized carbons (Fsp3) is 0.409. The van der Waals surface area contributed by atoms with Gasteiger partial charge in [-0.15, -0.1) is 0 Å². The van der Waals surface area contributed by atoms with E-state index in [0.717, 1.165) is 60.4 Å². The average Bonchev–Trinajstić information content (AvgIpc) is 3.47. The number of ether oxygens (including phenoxy) is 2. The molecule has 1 N–H and O–H groups in total. The maximum absolute atomic E-state index is 11.3. The van der Waals surface area contributed by atoms with Gasteiger partial charge in [0.2, 0.25) is 6.41 Å². The van der Waals surface area contributed by atoms with Crippen LogP contribution < -0.4 is 4.74 Å². The minimum Gasteiger partial charge on any atom is -0.478 e. The molecule has 3 aromatic rings. The number of carbonyl (C=O) groups is 1. The van der Waals surface area contributed by atoms with E-state index in [2.05, 4.69) is 26.7 Å². The summed E-state index contributed by atoms with van der Waals surface area (Å²) in [5.41, 5.74) is 3.37. The van der Waals surface area contributed by atoms with E-state index in [4.69, 9.17) is 37.9 Å². The Labute approximate surface area is 201 Å². The van der Waals surface area contributed by atoms with Crippen LogP contribution in [0.5, 0.6) is 5.75 Å². The molecule has 0 atom stereocenters. The molecule has 0 radical (unpaired) electrons. The van der Waals surface area contributed by atoms with Crippen LogP contribution in [0.1, 0.15) is 5.69 Å². The van der Waals surface area contributed by atoms with Gasteiger partial charge in [0, 0.05) is 55.3 Å². The second-order valence-corrected chi connectivity index (χ2v) is 8.58. The van der Waals surface area contributed by atoms with Gasteiger partial charge >= 0.3 is 0 Å². The second-order valence-electron chi connectivity index (χ2n) is 7.79. The van der Waals surface area contributed by atoms with Crippen molar-refractivity contribution in [3.05, 3.63) is 34.2 Å². The highest BCUT2D eigenvalue weighted by molar-refractivity contribution is 6.45. The van der Waals surface area contributed by atoms with E-state index in [0.29, 0.717) is 35.4 Å². The maximum Gasteiger partial charge on any atom is 0.210 e. The highest BCUT2D eigenvalue weighted by Crippen LogP contribution is 2.46. The molecule has 174 valence electrons. The molecule has 0 unspecified atom stereocenters. The number of carbonyl (C=O) groups excluding carboxylic acids is 1. The second kappa shape index (κ2) is 10.4. The number of aromatic amines is 1. The first-order valence-electron chi connectivity index (χ1n) is 10.5. The van der Waals surface area contributed by atoms with Gasteiger partial charge in [-0.2, -0.15) is 10.4 Å². The summed E-state index contributed by atoms with van der Waals surface area (Å²) in [7, 11) is 2.11. The summed E-state index contributed by atoms with van der Waals surface area (Å²) in [5, 5.41) is 17.3. The first-order valence-corrected chi connectivity index (χ1v) is 11.3. The summed E-state index contributed by atoms with van der Waals surface area (Å²) in [6, 6.07) is 3.59. The SMILES string of the molecule is CN1CCOCC1.N#CCOc1cc(Cl)c(Cl)c2c1c(-c1cn[nH]c1)c1n2CCN(C=O)C1. The molecule has 1 aromatic carbocycles. The van der Waals surface area contributed by atoms with Gasteiger partial charge in [0.1, 0.15) is 11.8 Å². The number of nitriles is 1. The lowest BCUT2D eigenvalue weighted by Gasteiger charge is -2.26. The highest BCUT2D eigenvalue weighted by atomic mass is 35.5. The van der Waals surface area contributed by atoms with Crippen LogP contribution >= 0.6 is 23.2 Å². The molecule has 2 aliphatic rings. The van der Waals surface area contributed by atoms with Crippen molar-refractivity contribution in [2.75, 3.05) is 46.5 Å². The Morgan fingerprint density at radius 1 is 1.30 bits per heavy atom. The summed E-state index contributed by atoms with van der Waals surface area (Å²) in [5.74, 6) is 0.478. The molecular weight excluding hydrogens is 467 g/mol. The van der Waals surface area contributed by atoms with E-state index in [1.54, 1.807) is 23.4 Å². The monoisotopic (exact) mass is 490 g/mol. The number of rotatable bonds is 4. The Morgan fingerprint density at radius 2 is 2.09 bits per heavy atom. The van der Waals surface area contributed by atoms with Crippen LogP contribution in [0.3, 0.4) is 0 Å². The number of benzene rings is 1. The molecule has 2 aliphatic heterocycles. The maximum atomic E-state index is 11.3. The summed E-state index contributed by atoms with van der Waals surface area (Å²) < 4.78 is 12.8. The number of likely N-dealkylation sites (N-methyl/N-ethyl adjacent to an activating group) is 1. The lowest BCUT2D eigenvalue weighted by atomic mass is 10.0. The van der Waals surface area contributed by atoms with Crippen LogP contribution in [-0.2, 0) is 22.6 Å². The van der Waals surface area contributed by atoms with Gasteiger partial charge in [-0.1, -0.05) is 23.2 Å². The van der Waals surface area contributed by atoms with Gasteiger partial charge in [0.15, 0.2) is 6.61 Å². The molecule has 4 heterocycles. The van der Waals surface area contributed by atoms with Crippen LogP contribution in [0.2, 0.25) is 10.0 Å². The molecule has 2 aromatic heterocycles. The summed E-state index contributed by atoms with van der Waals surface area (Å²) in [4.78, 5) is 15.3. The predicted octanol–water partition coefficient (Wildman–Crippen LogP) is 3.16. The summed E-state index contributed by atoms with van der Waals surface area (Å²) in [6.45, 7) is 5.50. The Bertz CT molecular complexity index is 1170. The van der Waals surface area contributed by atoms with Gasteiger partial charge in [-0.05, 0) is 7.05 Å². The first kappa shape index (κ1) is 23.4. The molecule has 0 aliphatic carbocycles. The highest BCUT2D eigenvalue weighted by Gasteiger charge is 2.29. The standard InChI is InChI=1S/C17H13Cl2N5O2.C5H11NO/c18-11-5-13(26-4-1-20)15-14(10-6-21-22-7-10)12-8-23(9-25)2-3-24(12)17(15)16(11)19;1-6-2-4-7-5-3-6/h5-7,9H,2-4,8H2,(H,21,22);2-5H2,1H3. The van der Waals surface area contributed by atoms with Gasteiger partial charge in [0.05, 0.1) is 46.9 Å². The van der Waals surface area contributed by atoms with Gasteiger partial charge in [-0.3, -0.25) is 9.89 Å². The smallest absolute Gasteiger partial charge is 0.210 e. The number of nitrogens with zero attached hydrogens (tertiary/aromatic N) is 5. The van der Waals surface area contributed by atoms with E-state index in [1.165, 1.54) is 0 Å². The van der Waals surface area contributed by atoms with Crippen LogP contribution in [-0.4, -0.2) is 77.5 Å². The van der Waals surface area contributed by atoms with Crippen molar-refractivity contribution < 1.29 is 14.3 Å². The molecule has 9 nitrogen and oxygen atoms in total. The minimum absolute atomic E-state index is 0.112. The van der Waals surface area contributed by atoms with E-state index >= 15 is 0 Å². The number of morpholine rings is 1. The number of halogens is 2. The molecule has 11 heteroatoms. The van der Waals surface area contributed by atoms with Gasteiger partial charge in [0.25, 0.3) is 0 Å². The third-order valence-corrected chi connectivity index (χ3v) is 6.50. The molecule has 0 saturated carbocycles. The number of fused-ring (bicyclic) bond motifs is 3. The third kappa shape index (κ3) is 4.80. The number of nitrogens with one attached hydrogen (secondary N) is 1. The molecule has 1 saturated heterocycles. The minimum atomic E-state index is -0.112. The zero-order chi connectivity index (χ0) is 23.4. The van der Waals surface area contributed by atoms with Crippen molar-refractivity contribution >= 4 is 40.5 Å². The fourth-order valence-corrected chi connectivity index (χ4v) is 4.52. The molecular formula is C22H24Cl2N6O3. The van der Waals surface area contributed by atoms with Crippen LogP contribution in [0.15, 0.2) is 18.5 Å². The van der Waals surface area contributed by atoms with Crippen molar-refractivity contribution in [2.24, 2.45) is 0 Å². The van der Waals surface area contributed by atoms with E-state index in [9.17, 15) is 4.79 Å². The van der Waals surface area contributed by atoms with E-state index in [-0.39, 0.29) is 6.61 Å². The number of amides is 1. The molecule has 33 heavy (non-hydrogen) atoms. The first-order chi connectivity index (χ1) is 16.0. The number of hydrogen-bond acceptors (Lipinski definition) is 6. The zero-order valence-electron chi connectivity index (χ0n) is 18.2. The summed E-state index contributed by atoms with van der Waals surface area (Å²) in [6.07, 6.45) is 4.31. The Morgan fingerprint density at radius 3 is 2.70 bits per heavy atom. The average molecular weight is 491 g/mol. The topological polar surface area (TPSA) is 99.4 Å². The molecule has 0 spiro atoms.